The number of hydrogen-bond acceptors (Lipinski definition) is 4. The van der Waals surface area contributed by atoms with Crippen molar-refractivity contribution < 1.29 is 26.3 Å². The van der Waals surface area contributed by atoms with Gasteiger partial charge in [-0.2, -0.15) is 13.2 Å². The highest BCUT2D eigenvalue weighted by Gasteiger charge is 2.33. The summed E-state index contributed by atoms with van der Waals surface area (Å²) >= 11 is 5.81. The molecule has 0 aromatic heterocycles. The van der Waals surface area contributed by atoms with Crippen LogP contribution in [0.3, 0.4) is 0 Å². The fraction of sp³-hybridized carbons (Fsp3) is 0.143. The molecule has 0 amide bonds. The Labute approximate surface area is 181 Å². The number of hydrogen-bond donors (Lipinski definition) is 2. The second-order valence-electron chi connectivity index (χ2n) is 6.91. The maximum atomic E-state index is 12.9. The highest BCUT2D eigenvalue weighted by molar-refractivity contribution is 7.89. The van der Waals surface area contributed by atoms with Crippen molar-refractivity contribution in [1.29, 1.82) is 0 Å². The Morgan fingerprint density at radius 3 is 2.35 bits per heavy atom. The van der Waals surface area contributed by atoms with Gasteiger partial charge in [-0.05, 0) is 61.0 Å². The number of ether oxygens (including phenoxy) is 1. The second kappa shape index (κ2) is 7.74. The van der Waals surface area contributed by atoms with E-state index in [2.05, 4.69) is 10.0 Å². The first kappa shape index (κ1) is 21.5. The Kier molecular flexibility index (Phi) is 5.36. The van der Waals surface area contributed by atoms with Crippen LogP contribution in [-0.4, -0.2) is 15.5 Å². The van der Waals surface area contributed by atoms with Crippen LogP contribution in [0, 0.1) is 0 Å². The van der Waals surface area contributed by atoms with Crippen molar-refractivity contribution in [2.24, 2.45) is 0 Å². The average molecular weight is 469 g/mol. The summed E-state index contributed by atoms with van der Waals surface area (Å²) in [6.45, 7) is 0. The minimum Gasteiger partial charge on any atom is -0.453 e. The molecule has 2 N–H and O–H groups in total. The molecular formula is C21H16ClF3N2O3S. The van der Waals surface area contributed by atoms with Crippen molar-refractivity contribution >= 4 is 33.0 Å². The van der Waals surface area contributed by atoms with E-state index in [0.29, 0.717) is 34.9 Å². The Balaban J connectivity index is 1.57. The van der Waals surface area contributed by atoms with E-state index >= 15 is 0 Å². The van der Waals surface area contributed by atoms with E-state index in [9.17, 15) is 21.6 Å². The van der Waals surface area contributed by atoms with Crippen molar-refractivity contribution in [3.8, 4) is 11.5 Å². The van der Waals surface area contributed by atoms with Crippen LogP contribution in [0.5, 0.6) is 11.5 Å². The van der Waals surface area contributed by atoms with Crippen LogP contribution in [0.2, 0.25) is 5.02 Å². The van der Waals surface area contributed by atoms with Gasteiger partial charge in [0.2, 0.25) is 10.0 Å². The van der Waals surface area contributed by atoms with Gasteiger partial charge in [-0.25, -0.2) is 13.1 Å². The van der Waals surface area contributed by atoms with Crippen molar-refractivity contribution in [3.05, 3.63) is 76.3 Å². The van der Waals surface area contributed by atoms with Crippen molar-refractivity contribution in [2.45, 2.75) is 17.5 Å². The molecule has 31 heavy (non-hydrogen) atoms. The summed E-state index contributed by atoms with van der Waals surface area (Å²) < 4.78 is 70.7. The number of nitrogens with one attached hydrogen (secondary N) is 2. The van der Waals surface area contributed by atoms with Crippen LogP contribution in [0.1, 0.15) is 16.7 Å². The number of halogens is 4. The van der Waals surface area contributed by atoms with Crippen LogP contribution < -0.4 is 14.8 Å². The lowest BCUT2D eigenvalue weighted by Crippen LogP contribution is -2.18. The Hall–Kier alpha value is -2.75. The summed E-state index contributed by atoms with van der Waals surface area (Å²) in [5, 5.41) is 2.85. The maximum Gasteiger partial charge on any atom is 0.417 e. The number of rotatable bonds is 4. The minimum atomic E-state index is -4.50. The fourth-order valence-corrected chi connectivity index (χ4v) is 4.30. The highest BCUT2D eigenvalue weighted by Crippen LogP contribution is 2.43. The van der Waals surface area contributed by atoms with E-state index in [4.69, 9.17) is 16.3 Å². The van der Waals surface area contributed by atoms with Crippen LogP contribution in [0.4, 0.5) is 24.5 Å². The summed E-state index contributed by atoms with van der Waals surface area (Å²) in [6.07, 6.45) is -4.12. The van der Waals surface area contributed by atoms with Gasteiger partial charge in [0.1, 0.15) is 0 Å². The van der Waals surface area contributed by atoms with Crippen LogP contribution >= 0.6 is 11.6 Å². The van der Waals surface area contributed by atoms with Gasteiger partial charge in [-0.15, -0.1) is 0 Å². The molecule has 0 fully saturated rings. The predicted octanol–water partition coefficient (Wildman–Crippen LogP) is 5.71. The van der Waals surface area contributed by atoms with Gasteiger partial charge in [0.15, 0.2) is 11.5 Å². The molecule has 5 nitrogen and oxygen atoms in total. The van der Waals surface area contributed by atoms with Crippen LogP contribution in [-0.2, 0) is 22.6 Å². The molecule has 4 rings (SSSR count). The Bertz CT molecular complexity index is 1280. The predicted molar refractivity (Wildman–Crippen MR) is 112 cm³/mol. The van der Waals surface area contributed by atoms with E-state index in [1.165, 1.54) is 31.3 Å². The largest absolute Gasteiger partial charge is 0.453 e. The Morgan fingerprint density at radius 2 is 1.68 bits per heavy atom. The average Bonchev–Trinajstić information content (AvgIpc) is 2.71. The summed E-state index contributed by atoms with van der Waals surface area (Å²) in [5.41, 5.74) is 1.86. The first-order valence-electron chi connectivity index (χ1n) is 9.08. The molecule has 10 heteroatoms. The number of anilines is 2. The molecular weight excluding hydrogens is 453 g/mol. The smallest absolute Gasteiger partial charge is 0.417 e. The molecule has 0 atom stereocenters. The molecule has 0 unspecified atom stereocenters. The van der Waals surface area contributed by atoms with Crippen LogP contribution in [0.15, 0.2) is 59.5 Å². The maximum absolute atomic E-state index is 12.9. The van der Waals surface area contributed by atoms with Gasteiger partial charge in [0.05, 0.1) is 26.9 Å². The zero-order chi connectivity index (χ0) is 22.4. The molecule has 0 aliphatic carbocycles. The molecule has 0 bridgehead atoms. The molecule has 162 valence electrons. The lowest BCUT2D eigenvalue weighted by molar-refractivity contribution is -0.137. The van der Waals surface area contributed by atoms with Gasteiger partial charge >= 0.3 is 6.18 Å². The molecule has 0 saturated heterocycles. The zero-order valence-corrected chi connectivity index (χ0v) is 17.6. The summed E-state index contributed by atoms with van der Waals surface area (Å²) in [7, 11) is -2.28. The van der Waals surface area contributed by atoms with Crippen molar-refractivity contribution in [2.75, 3.05) is 12.4 Å². The van der Waals surface area contributed by atoms with E-state index in [0.717, 1.165) is 11.6 Å². The number of alkyl halides is 3. The van der Waals surface area contributed by atoms with E-state index < -0.39 is 21.8 Å². The van der Waals surface area contributed by atoms with Crippen LogP contribution in [0.25, 0.3) is 0 Å². The molecule has 0 saturated carbocycles. The zero-order valence-electron chi connectivity index (χ0n) is 16.0. The summed E-state index contributed by atoms with van der Waals surface area (Å²) in [6, 6.07) is 13.5. The van der Waals surface area contributed by atoms with Gasteiger partial charge in [0, 0.05) is 6.07 Å². The molecule has 0 spiro atoms. The number of sulfonamides is 1. The third-order valence-corrected chi connectivity index (χ3v) is 6.54. The van der Waals surface area contributed by atoms with Crippen molar-refractivity contribution in [1.82, 2.24) is 4.72 Å². The van der Waals surface area contributed by atoms with Gasteiger partial charge in [0.25, 0.3) is 0 Å². The molecule has 0 radical (unpaired) electrons. The summed E-state index contributed by atoms with van der Waals surface area (Å²) in [4.78, 5) is 0.0785. The molecule has 1 aliphatic heterocycles. The SMILES string of the molecule is CNS(=O)(=O)c1ccc2c(c1)Oc1ccc(Cc3ccc(C(F)(F)F)c(Cl)c3)cc1N2. The fourth-order valence-electron chi connectivity index (χ4n) is 3.25. The van der Waals surface area contributed by atoms with Crippen molar-refractivity contribution in [3.63, 3.8) is 0 Å². The first-order chi connectivity index (χ1) is 14.6. The molecule has 3 aromatic carbocycles. The van der Waals surface area contributed by atoms with E-state index in [-0.39, 0.29) is 9.92 Å². The van der Waals surface area contributed by atoms with Gasteiger partial charge in [-0.1, -0.05) is 23.7 Å². The topological polar surface area (TPSA) is 67.4 Å². The monoisotopic (exact) mass is 468 g/mol. The molecule has 1 aliphatic rings. The van der Waals surface area contributed by atoms with Gasteiger partial charge < -0.3 is 10.1 Å². The van der Waals surface area contributed by atoms with E-state index in [1.54, 1.807) is 18.2 Å². The lowest BCUT2D eigenvalue weighted by atomic mass is 10.0. The quantitative estimate of drug-likeness (QED) is 0.403. The summed E-state index contributed by atoms with van der Waals surface area (Å²) in [5.74, 6) is 0.867. The van der Waals surface area contributed by atoms with Gasteiger partial charge in [-0.3, -0.25) is 0 Å². The number of fused-ring (bicyclic) bond motifs is 2. The molecule has 3 aromatic rings. The number of benzene rings is 3. The Morgan fingerprint density at radius 1 is 0.968 bits per heavy atom. The molecule has 1 heterocycles. The second-order valence-corrected chi connectivity index (χ2v) is 9.21. The highest BCUT2D eigenvalue weighted by atomic mass is 35.5. The lowest BCUT2D eigenvalue weighted by Gasteiger charge is -2.23. The normalized spacial score (nSPS) is 13.1. The standard InChI is InChI=1S/C21H16ClF3N2O3S/c1-26-31(28,29)14-4-6-17-20(11-14)30-19-7-3-13(10-18(19)27-17)8-12-2-5-15(16(22)9-12)21(23,24)25/h2-7,9-11,26-27H,8H2,1H3. The minimum absolute atomic E-state index is 0.0785. The first-order valence-corrected chi connectivity index (χ1v) is 10.9. The van der Waals surface area contributed by atoms with E-state index in [1.807, 2.05) is 6.07 Å². The third-order valence-electron chi connectivity index (χ3n) is 4.81. The third kappa shape index (κ3) is 4.34.